The fourth-order valence-electron chi connectivity index (χ4n) is 3.17. The zero-order valence-electron chi connectivity index (χ0n) is 15.9. The molecule has 0 aliphatic carbocycles. The van der Waals surface area contributed by atoms with Crippen LogP contribution in [0.3, 0.4) is 0 Å². The third-order valence-electron chi connectivity index (χ3n) is 4.77. The van der Waals surface area contributed by atoms with Crippen molar-refractivity contribution in [2.75, 3.05) is 27.7 Å². The van der Waals surface area contributed by atoms with Gasteiger partial charge in [0.15, 0.2) is 0 Å². The average molecular weight is 372 g/mol. The number of hydrogen-bond acceptors (Lipinski definition) is 4. The van der Waals surface area contributed by atoms with E-state index in [1.54, 1.807) is 18.4 Å². The van der Waals surface area contributed by atoms with Crippen molar-refractivity contribution >= 4 is 28.1 Å². The highest BCUT2D eigenvalue weighted by Gasteiger charge is 2.20. The van der Waals surface area contributed by atoms with Crippen LogP contribution in [-0.2, 0) is 7.05 Å². The topological polar surface area (TPSA) is 46.5 Å². The predicted octanol–water partition coefficient (Wildman–Crippen LogP) is 3.59. The Kier molecular flexibility index (Phi) is 5.34. The molecular formula is C20H25N3O2S. The van der Waals surface area contributed by atoms with Gasteiger partial charge in [-0.1, -0.05) is 0 Å². The van der Waals surface area contributed by atoms with Crippen LogP contribution in [0.1, 0.15) is 27.0 Å². The monoisotopic (exact) mass is 371 g/mol. The van der Waals surface area contributed by atoms with Gasteiger partial charge in [-0.05, 0) is 56.2 Å². The second kappa shape index (κ2) is 7.51. The first-order valence-corrected chi connectivity index (χ1v) is 9.42. The van der Waals surface area contributed by atoms with Crippen LogP contribution < -0.4 is 10.1 Å². The summed E-state index contributed by atoms with van der Waals surface area (Å²) in [5, 5.41) is 6.22. The number of nitrogens with one attached hydrogen (secondary N) is 1. The molecule has 0 unspecified atom stereocenters. The molecule has 6 heteroatoms. The van der Waals surface area contributed by atoms with Gasteiger partial charge in [0.2, 0.25) is 0 Å². The Hall–Kier alpha value is -2.31. The number of ether oxygens (including phenoxy) is 1. The first-order chi connectivity index (χ1) is 12.4. The lowest BCUT2D eigenvalue weighted by atomic mass is 10.1. The van der Waals surface area contributed by atoms with Gasteiger partial charge in [-0.25, -0.2) is 0 Å². The Balaban J connectivity index is 1.80. The maximum atomic E-state index is 12.8. The van der Waals surface area contributed by atoms with Crippen molar-refractivity contribution in [2.45, 2.75) is 13.0 Å². The summed E-state index contributed by atoms with van der Waals surface area (Å²) in [7, 11) is 7.63. The fraction of sp³-hybridized carbons (Fsp3) is 0.350. The van der Waals surface area contributed by atoms with E-state index in [4.69, 9.17) is 4.74 Å². The van der Waals surface area contributed by atoms with E-state index in [2.05, 4.69) is 28.6 Å². The molecule has 0 aliphatic rings. The second-order valence-electron chi connectivity index (χ2n) is 6.67. The molecule has 138 valence electrons. The number of fused-ring (bicyclic) bond motifs is 1. The van der Waals surface area contributed by atoms with Crippen molar-refractivity contribution in [1.29, 1.82) is 0 Å². The van der Waals surface area contributed by atoms with Crippen molar-refractivity contribution in [3.63, 3.8) is 0 Å². The van der Waals surface area contributed by atoms with E-state index in [-0.39, 0.29) is 11.9 Å². The molecule has 3 rings (SSSR count). The summed E-state index contributed by atoms with van der Waals surface area (Å²) >= 11 is 1.73. The Morgan fingerprint density at radius 3 is 2.69 bits per heavy atom. The standard InChI is InChI=1S/C20H25N3O2S/c1-13-8-9-26-19(13)18(22(2)3)12-21-20(24)17-10-14-6-7-15(25-5)11-16(14)23(17)4/h6-11,18H,12H2,1-5H3,(H,21,24)/t18-/m1/s1. The van der Waals surface area contributed by atoms with Gasteiger partial charge >= 0.3 is 0 Å². The lowest BCUT2D eigenvalue weighted by Gasteiger charge is -2.24. The first kappa shape index (κ1) is 18.5. The second-order valence-corrected chi connectivity index (χ2v) is 7.62. The molecule has 1 N–H and O–H groups in total. The summed E-state index contributed by atoms with van der Waals surface area (Å²) in [6.45, 7) is 2.68. The Labute approximate surface area is 158 Å². The fourth-order valence-corrected chi connectivity index (χ4v) is 4.29. The van der Waals surface area contributed by atoms with Crippen molar-refractivity contribution < 1.29 is 9.53 Å². The highest BCUT2D eigenvalue weighted by Crippen LogP contribution is 2.27. The molecule has 2 aromatic heterocycles. The van der Waals surface area contributed by atoms with Crippen LogP contribution in [0.4, 0.5) is 0 Å². The number of nitrogens with zero attached hydrogens (tertiary/aromatic N) is 2. The molecule has 3 aromatic rings. The molecule has 0 aliphatic heterocycles. The van der Waals surface area contributed by atoms with Gasteiger partial charge in [-0.3, -0.25) is 4.79 Å². The summed E-state index contributed by atoms with van der Waals surface area (Å²) < 4.78 is 7.20. The van der Waals surface area contributed by atoms with Crippen LogP contribution in [0.15, 0.2) is 35.7 Å². The minimum Gasteiger partial charge on any atom is -0.497 e. The van der Waals surface area contributed by atoms with E-state index >= 15 is 0 Å². The molecule has 0 saturated carbocycles. The molecule has 1 amide bonds. The number of methoxy groups -OCH3 is 1. The number of rotatable bonds is 6. The summed E-state index contributed by atoms with van der Waals surface area (Å²) in [5.41, 5.74) is 2.89. The molecule has 0 saturated heterocycles. The van der Waals surface area contributed by atoms with Gasteiger partial charge in [0.1, 0.15) is 11.4 Å². The quantitative estimate of drug-likeness (QED) is 0.720. The van der Waals surface area contributed by atoms with Crippen LogP contribution >= 0.6 is 11.3 Å². The van der Waals surface area contributed by atoms with E-state index < -0.39 is 0 Å². The minimum atomic E-state index is -0.0660. The largest absolute Gasteiger partial charge is 0.497 e. The van der Waals surface area contributed by atoms with E-state index in [0.29, 0.717) is 12.2 Å². The number of hydrogen-bond donors (Lipinski definition) is 1. The summed E-state index contributed by atoms with van der Waals surface area (Å²) in [5.74, 6) is 0.718. The van der Waals surface area contributed by atoms with Gasteiger partial charge in [0, 0.05) is 29.9 Å². The highest BCUT2D eigenvalue weighted by atomic mass is 32.1. The van der Waals surface area contributed by atoms with Gasteiger partial charge in [0.05, 0.1) is 18.7 Å². The molecule has 0 spiro atoms. The molecule has 5 nitrogen and oxygen atoms in total. The molecule has 0 fully saturated rings. The summed E-state index contributed by atoms with van der Waals surface area (Å²) in [6.07, 6.45) is 0. The Bertz CT molecular complexity index is 926. The van der Waals surface area contributed by atoms with Crippen molar-refractivity contribution in [2.24, 2.45) is 7.05 Å². The number of thiophene rings is 1. The van der Waals surface area contributed by atoms with Crippen molar-refractivity contribution in [1.82, 2.24) is 14.8 Å². The number of aromatic nitrogens is 1. The van der Waals surface area contributed by atoms with E-state index in [1.807, 2.05) is 50.0 Å². The molecule has 26 heavy (non-hydrogen) atoms. The maximum Gasteiger partial charge on any atom is 0.267 e. The zero-order chi connectivity index (χ0) is 18.8. The van der Waals surface area contributed by atoms with E-state index in [1.165, 1.54) is 10.4 Å². The molecule has 1 atom stereocenters. The highest BCUT2D eigenvalue weighted by molar-refractivity contribution is 7.10. The third kappa shape index (κ3) is 3.48. The number of likely N-dealkylation sites (N-methyl/N-ethyl adjacent to an activating group) is 1. The van der Waals surface area contributed by atoms with E-state index in [0.717, 1.165) is 16.7 Å². The predicted molar refractivity (Wildman–Crippen MR) is 107 cm³/mol. The normalized spacial score (nSPS) is 12.5. The number of carbonyl (C=O) groups is 1. The lowest BCUT2D eigenvalue weighted by Crippen LogP contribution is -2.35. The Morgan fingerprint density at radius 2 is 2.08 bits per heavy atom. The van der Waals surface area contributed by atoms with Crippen LogP contribution in [0.2, 0.25) is 0 Å². The van der Waals surface area contributed by atoms with Crippen LogP contribution in [0.5, 0.6) is 5.75 Å². The number of benzene rings is 1. The zero-order valence-corrected chi connectivity index (χ0v) is 16.7. The smallest absolute Gasteiger partial charge is 0.267 e. The summed E-state index contributed by atoms with van der Waals surface area (Å²) in [6, 6.07) is 10.0. The minimum absolute atomic E-state index is 0.0660. The van der Waals surface area contributed by atoms with Crippen LogP contribution in [-0.4, -0.2) is 43.1 Å². The number of aryl methyl sites for hydroxylation is 2. The first-order valence-electron chi connectivity index (χ1n) is 8.54. The lowest BCUT2D eigenvalue weighted by molar-refractivity contribution is 0.0934. The van der Waals surface area contributed by atoms with Gasteiger partial charge in [0.25, 0.3) is 5.91 Å². The van der Waals surface area contributed by atoms with Gasteiger partial charge in [-0.15, -0.1) is 11.3 Å². The molecule has 0 radical (unpaired) electrons. The van der Waals surface area contributed by atoms with E-state index in [9.17, 15) is 4.79 Å². The number of carbonyl (C=O) groups excluding carboxylic acids is 1. The van der Waals surface area contributed by atoms with Gasteiger partial charge < -0.3 is 19.5 Å². The number of amides is 1. The molecule has 1 aromatic carbocycles. The van der Waals surface area contributed by atoms with Gasteiger partial charge in [-0.2, -0.15) is 0 Å². The Morgan fingerprint density at radius 1 is 1.31 bits per heavy atom. The average Bonchev–Trinajstić information content (AvgIpc) is 3.18. The third-order valence-corrected chi connectivity index (χ3v) is 5.89. The van der Waals surface area contributed by atoms with Crippen LogP contribution in [0.25, 0.3) is 10.9 Å². The van der Waals surface area contributed by atoms with Crippen LogP contribution in [0, 0.1) is 6.92 Å². The maximum absolute atomic E-state index is 12.8. The van der Waals surface area contributed by atoms with Crippen molar-refractivity contribution in [3.8, 4) is 5.75 Å². The summed E-state index contributed by atoms with van der Waals surface area (Å²) in [4.78, 5) is 16.2. The SMILES string of the molecule is COc1ccc2cc(C(=O)NC[C@H](c3sccc3C)N(C)C)n(C)c2c1. The van der Waals surface area contributed by atoms with Crippen molar-refractivity contribution in [3.05, 3.63) is 51.8 Å². The molecule has 2 heterocycles. The molecule has 0 bridgehead atoms. The molecular weight excluding hydrogens is 346 g/mol.